The first kappa shape index (κ1) is 100. The fourth-order valence-electron chi connectivity index (χ4n) is 0. The molecule has 0 heterocycles. The maximum atomic E-state index is 8.48. The second kappa shape index (κ2) is 75.0. The van der Waals surface area contributed by atoms with E-state index in [-0.39, 0.29) is 62.4 Å². The Morgan fingerprint density at radius 1 is 0.727 bits per heavy atom. The summed E-state index contributed by atoms with van der Waals surface area (Å²) in [6, 6.07) is 0. The molecule has 0 aromatic rings. The number of rotatable bonds is 0. The zero-order valence-electron chi connectivity index (χ0n) is 5.67. The van der Waals surface area contributed by atoms with Crippen molar-refractivity contribution in [1.82, 2.24) is 0 Å². The Hall–Kier alpha value is 0.620. The molecule has 0 unspecified atom stereocenters. The SMILES string of the molecule is O.O.O.O.O.O.O=P(=O)[O-].[Na+]. The molecule has 0 spiro atoms. The van der Waals surface area contributed by atoms with Gasteiger partial charge in [-0.3, -0.25) is 9.13 Å². The predicted molar refractivity (Wildman–Crippen MR) is 30.0 cm³/mol. The quantitative estimate of drug-likeness (QED) is 0.279. The second-order valence-corrected chi connectivity index (χ2v) is 0.671. The standard InChI is InChI=1S/Na.HO3P.6H2O/c;1-4(2)3;;;;;;/h;(H,1,2,3);6*1H2/q+1;;;;;;;/p-1. The van der Waals surface area contributed by atoms with E-state index in [9.17, 15) is 0 Å². The van der Waals surface area contributed by atoms with Gasteiger partial charge in [-0.15, -0.1) is 0 Å². The zero-order valence-corrected chi connectivity index (χ0v) is 8.57. The van der Waals surface area contributed by atoms with Crippen molar-refractivity contribution < 1.29 is 76.4 Å². The smallest absolute Gasteiger partial charge is 0.744 e. The minimum Gasteiger partial charge on any atom is -0.744 e. The van der Waals surface area contributed by atoms with Crippen LogP contribution in [-0.2, 0) is 9.13 Å². The van der Waals surface area contributed by atoms with E-state index >= 15 is 0 Å². The predicted octanol–water partition coefficient (Wildman–Crippen LogP) is -8.51. The van der Waals surface area contributed by atoms with Crippen LogP contribution in [0.4, 0.5) is 0 Å². The molecule has 0 aliphatic rings. The van der Waals surface area contributed by atoms with Crippen LogP contribution in [0.2, 0.25) is 0 Å². The number of hydrogen-bond donors (Lipinski definition) is 0. The average molecular weight is 210 g/mol. The van der Waals surface area contributed by atoms with Gasteiger partial charge < -0.3 is 37.8 Å². The summed E-state index contributed by atoms with van der Waals surface area (Å²) in [4.78, 5) is 8.48. The molecule has 0 fully saturated rings. The van der Waals surface area contributed by atoms with E-state index in [1.807, 2.05) is 0 Å². The van der Waals surface area contributed by atoms with Crippen LogP contribution in [0.5, 0.6) is 0 Å². The maximum Gasteiger partial charge on any atom is 1.00 e. The van der Waals surface area contributed by atoms with Crippen LogP contribution in [0.3, 0.4) is 0 Å². The van der Waals surface area contributed by atoms with Crippen LogP contribution < -0.4 is 34.5 Å². The van der Waals surface area contributed by atoms with Gasteiger partial charge in [0.05, 0.1) is 0 Å². The van der Waals surface area contributed by atoms with Crippen LogP contribution in [0, 0.1) is 0 Å². The third-order valence-corrected chi connectivity index (χ3v) is 0. The first-order valence-electron chi connectivity index (χ1n) is 0.548. The molecule has 12 N–H and O–H groups in total. The van der Waals surface area contributed by atoms with E-state index in [4.69, 9.17) is 14.0 Å². The van der Waals surface area contributed by atoms with Crippen LogP contribution in [-0.4, -0.2) is 32.9 Å². The van der Waals surface area contributed by atoms with Crippen LogP contribution in [0.15, 0.2) is 0 Å². The molecule has 0 radical (unpaired) electrons. The fraction of sp³-hybridized carbons (Fsp3) is 0. The van der Waals surface area contributed by atoms with Crippen LogP contribution in [0.1, 0.15) is 0 Å². The van der Waals surface area contributed by atoms with Gasteiger partial charge in [-0.1, -0.05) is 0 Å². The molecule has 0 bridgehead atoms. The maximum absolute atomic E-state index is 8.48. The molecular weight excluding hydrogens is 198 g/mol. The molecule has 0 amide bonds. The molecule has 0 saturated carbocycles. The Morgan fingerprint density at radius 2 is 0.727 bits per heavy atom. The van der Waals surface area contributed by atoms with E-state index in [2.05, 4.69) is 0 Å². The van der Waals surface area contributed by atoms with Crippen molar-refractivity contribution in [3.8, 4) is 0 Å². The molecule has 0 aliphatic carbocycles. The zero-order chi connectivity index (χ0) is 3.58. The normalized spacial score (nSPS) is 2.27. The van der Waals surface area contributed by atoms with Gasteiger partial charge in [-0.25, -0.2) is 0 Å². The summed E-state index contributed by atoms with van der Waals surface area (Å²) in [7, 11) is -3.37. The second-order valence-electron chi connectivity index (χ2n) is 0.224. The molecule has 9 nitrogen and oxygen atoms in total. The van der Waals surface area contributed by atoms with Crippen molar-refractivity contribution in [1.29, 1.82) is 0 Å². The van der Waals surface area contributed by atoms with Crippen molar-refractivity contribution in [2.45, 2.75) is 0 Å². The summed E-state index contributed by atoms with van der Waals surface area (Å²) in [6.07, 6.45) is 0. The summed E-state index contributed by atoms with van der Waals surface area (Å²) in [5, 5.41) is 0. The van der Waals surface area contributed by atoms with E-state index in [0.717, 1.165) is 0 Å². The van der Waals surface area contributed by atoms with E-state index in [1.54, 1.807) is 0 Å². The molecule has 0 aromatic carbocycles. The van der Waals surface area contributed by atoms with E-state index < -0.39 is 7.91 Å². The van der Waals surface area contributed by atoms with Gasteiger partial charge >= 0.3 is 29.6 Å². The van der Waals surface area contributed by atoms with Gasteiger partial charge in [0.1, 0.15) is 0 Å². The van der Waals surface area contributed by atoms with Gasteiger partial charge in [0.2, 0.25) is 7.91 Å². The summed E-state index contributed by atoms with van der Waals surface area (Å²) >= 11 is 0. The van der Waals surface area contributed by atoms with Crippen molar-refractivity contribution in [2.75, 3.05) is 0 Å². The summed E-state index contributed by atoms with van der Waals surface area (Å²) < 4.78 is 17.0. The van der Waals surface area contributed by atoms with Gasteiger partial charge in [0.15, 0.2) is 0 Å². The molecule has 0 rings (SSSR count). The Morgan fingerprint density at radius 3 is 0.727 bits per heavy atom. The molecule has 11 heteroatoms. The Balaban J connectivity index is -0.00000000214. The van der Waals surface area contributed by atoms with Crippen molar-refractivity contribution >= 4 is 7.91 Å². The molecule has 0 aliphatic heterocycles. The third-order valence-electron chi connectivity index (χ3n) is 0. The molecule has 0 aromatic heterocycles. The van der Waals surface area contributed by atoms with Crippen molar-refractivity contribution in [3.63, 3.8) is 0 Å². The molecule has 0 atom stereocenters. The van der Waals surface area contributed by atoms with Gasteiger partial charge in [0, 0.05) is 0 Å². The summed E-state index contributed by atoms with van der Waals surface area (Å²) in [5.41, 5.74) is 0. The van der Waals surface area contributed by atoms with E-state index in [0.29, 0.717) is 0 Å². The monoisotopic (exact) mass is 210 g/mol. The summed E-state index contributed by atoms with van der Waals surface area (Å²) in [5.74, 6) is 0. The Labute approximate surface area is 84.5 Å². The van der Waals surface area contributed by atoms with Crippen LogP contribution in [0.25, 0.3) is 0 Å². The van der Waals surface area contributed by atoms with Crippen LogP contribution >= 0.6 is 7.91 Å². The minimum absolute atomic E-state index is 0. The molecule has 0 saturated heterocycles. The minimum atomic E-state index is -3.37. The third kappa shape index (κ3) is 2050. The average Bonchev–Trinajstić information content (AvgIpc) is 0.811. The molecule has 72 valence electrons. The van der Waals surface area contributed by atoms with E-state index in [1.165, 1.54) is 0 Å². The molecule has 11 heavy (non-hydrogen) atoms. The molecular formula is H12NaO9P. The fourth-order valence-corrected chi connectivity index (χ4v) is 0. The first-order chi connectivity index (χ1) is 1.73. The number of hydrogen-bond acceptors (Lipinski definition) is 3. The largest absolute Gasteiger partial charge is 1.00 e. The Bertz CT molecular complexity index is 58.0. The summed E-state index contributed by atoms with van der Waals surface area (Å²) in [6.45, 7) is 0. The van der Waals surface area contributed by atoms with Crippen molar-refractivity contribution in [2.24, 2.45) is 0 Å². The topological polar surface area (TPSA) is 246 Å². The Kier molecular flexibility index (Phi) is 682. The van der Waals surface area contributed by atoms with Crippen molar-refractivity contribution in [3.05, 3.63) is 0 Å². The van der Waals surface area contributed by atoms with Gasteiger partial charge in [-0.2, -0.15) is 0 Å². The first-order valence-corrected chi connectivity index (χ1v) is 1.64. The van der Waals surface area contributed by atoms with Gasteiger partial charge in [0.25, 0.3) is 0 Å². The van der Waals surface area contributed by atoms with Gasteiger partial charge in [-0.05, 0) is 0 Å².